The van der Waals surface area contributed by atoms with Crippen LogP contribution in [0.25, 0.3) is 0 Å². The van der Waals surface area contributed by atoms with Crippen molar-refractivity contribution in [3.8, 4) is 0 Å². The molecule has 0 aliphatic heterocycles. The molecule has 0 fully saturated rings. The average molecular weight is 307 g/mol. The zero-order valence-corrected chi connectivity index (χ0v) is 13.2. The fraction of sp³-hybridized carbons (Fsp3) is 1.00. The number of thiol groups is 3. The Morgan fingerprint density at radius 3 is 2.14 bits per heavy atom. The summed E-state index contributed by atoms with van der Waals surface area (Å²) in [4.78, 5) is 0. The fourth-order valence-electron chi connectivity index (χ4n) is 0.828. The van der Waals surface area contributed by atoms with Crippen LogP contribution in [0.3, 0.4) is 0 Å². The Morgan fingerprint density at radius 2 is 1.57 bits per heavy atom. The number of thioether (sulfide) groups is 3. The van der Waals surface area contributed by atoms with E-state index in [4.69, 9.17) is 0 Å². The summed E-state index contributed by atoms with van der Waals surface area (Å²) < 4.78 is 0.701. The molecule has 1 atom stereocenters. The minimum atomic E-state index is 0.701. The van der Waals surface area contributed by atoms with Crippen LogP contribution in [0.5, 0.6) is 0 Å². The minimum absolute atomic E-state index is 0.701. The summed E-state index contributed by atoms with van der Waals surface area (Å²) in [6, 6.07) is 0. The van der Waals surface area contributed by atoms with E-state index in [9.17, 15) is 0 Å². The molecule has 0 saturated heterocycles. The lowest BCUT2D eigenvalue weighted by Gasteiger charge is -2.13. The van der Waals surface area contributed by atoms with Gasteiger partial charge in [0, 0.05) is 16.6 Å². The summed E-state index contributed by atoms with van der Waals surface area (Å²) in [6.45, 7) is 0. The SMILES string of the molecule is SCCSCCC(SCS)SCCS. The van der Waals surface area contributed by atoms with Gasteiger partial charge in [-0.2, -0.15) is 49.6 Å². The maximum Gasteiger partial charge on any atom is 0.0518 e. The molecule has 0 heterocycles. The maximum atomic E-state index is 4.26. The van der Waals surface area contributed by atoms with E-state index in [1.807, 2.05) is 35.3 Å². The Morgan fingerprint density at radius 1 is 0.857 bits per heavy atom. The van der Waals surface area contributed by atoms with Crippen molar-refractivity contribution in [2.24, 2.45) is 0 Å². The predicted molar refractivity (Wildman–Crippen MR) is 87.3 cm³/mol. The van der Waals surface area contributed by atoms with Gasteiger partial charge in [0.25, 0.3) is 0 Å². The highest BCUT2D eigenvalue weighted by atomic mass is 32.2. The second-order valence-electron chi connectivity index (χ2n) is 2.44. The van der Waals surface area contributed by atoms with Gasteiger partial charge in [-0.25, -0.2) is 0 Å². The molecule has 0 aliphatic rings. The average Bonchev–Trinajstić information content (AvgIpc) is 2.20. The molecule has 0 bridgehead atoms. The zero-order chi connectivity index (χ0) is 10.6. The van der Waals surface area contributed by atoms with E-state index in [0.29, 0.717) is 4.58 Å². The Bertz CT molecular complexity index is 110. The van der Waals surface area contributed by atoms with Crippen molar-refractivity contribution in [3.63, 3.8) is 0 Å². The van der Waals surface area contributed by atoms with Gasteiger partial charge in [0.05, 0.1) is 4.58 Å². The van der Waals surface area contributed by atoms with Crippen molar-refractivity contribution < 1.29 is 0 Å². The van der Waals surface area contributed by atoms with Gasteiger partial charge in [0.1, 0.15) is 0 Å². The van der Waals surface area contributed by atoms with Crippen LogP contribution < -0.4 is 0 Å². The molecule has 0 aromatic carbocycles. The summed E-state index contributed by atoms with van der Waals surface area (Å²) in [6.07, 6.45) is 1.27. The van der Waals surface area contributed by atoms with Gasteiger partial charge in [-0.1, -0.05) is 0 Å². The standard InChI is InChI=1S/C8H18S6/c9-2-5-12-4-1-8(14-7-11)13-6-3-10/h8-11H,1-7H2. The van der Waals surface area contributed by atoms with Crippen molar-refractivity contribution >= 4 is 73.2 Å². The van der Waals surface area contributed by atoms with E-state index in [2.05, 4.69) is 37.9 Å². The van der Waals surface area contributed by atoms with Crippen LogP contribution in [-0.2, 0) is 0 Å². The summed E-state index contributed by atoms with van der Waals surface area (Å²) in [5.41, 5.74) is 0. The first-order chi connectivity index (χ1) is 6.85. The summed E-state index contributed by atoms with van der Waals surface area (Å²) in [5, 5.41) is 0.918. The van der Waals surface area contributed by atoms with Gasteiger partial charge in [-0.3, -0.25) is 0 Å². The van der Waals surface area contributed by atoms with Crippen LogP contribution >= 0.6 is 73.2 Å². The molecule has 6 heteroatoms. The molecule has 0 N–H and O–H groups in total. The number of hydrogen-bond donors (Lipinski definition) is 3. The van der Waals surface area contributed by atoms with E-state index in [-0.39, 0.29) is 0 Å². The van der Waals surface area contributed by atoms with Crippen LogP contribution in [0.1, 0.15) is 6.42 Å². The zero-order valence-electron chi connectivity index (χ0n) is 8.09. The third kappa shape index (κ3) is 10.6. The van der Waals surface area contributed by atoms with Gasteiger partial charge >= 0.3 is 0 Å². The minimum Gasteiger partial charge on any atom is -0.179 e. The van der Waals surface area contributed by atoms with Gasteiger partial charge in [-0.05, 0) is 23.7 Å². The molecule has 0 nitrogen and oxygen atoms in total. The van der Waals surface area contributed by atoms with Crippen LogP contribution in [0.4, 0.5) is 0 Å². The van der Waals surface area contributed by atoms with Gasteiger partial charge in [-0.15, -0.1) is 23.5 Å². The van der Waals surface area contributed by atoms with E-state index in [0.717, 1.165) is 22.3 Å². The molecule has 0 amide bonds. The molecule has 0 aliphatic carbocycles. The quantitative estimate of drug-likeness (QED) is 0.320. The van der Waals surface area contributed by atoms with Crippen molar-refractivity contribution in [2.75, 3.05) is 33.8 Å². The molecule has 0 spiro atoms. The lowest BCUT2D eigenvalue weighted by Crippen LogP contribution is -2.01. The van der Waals surface area contributed by atoms with Crippen molar-refractivity contribution in [1.82, 2.24) is 0 Å². The Hall–Kier alpha value is 2.10. The van der Waals surface area contributed by atoms with Gasteiger partial charge in [0.15, 0.2) is 0 Å². The lowest BCUT2D eigenvalue weighted by atomic mass is 10.6. The summed E-state index contributed by atoms with van der Waals surface area (Å²) in [7, 11) is 0. The van der Waals surface area contributed by atoms with E-state index in [1.54, 1.807) is 0 Å². The van der Waals surface area contributed by atoms with Crippen molar-refractivity contribution in [2.45, 2.75) is 11.0 Å². The van der Waals surface area contributed by atoms with Crippen LogP contribution in [0.2, 0.25) is 0 Å². The molecule has 14 heavy (non-hydrogen) atoms. The lowest BCUT2D eigenvalue weighted by molar-refractivity contribution is 1.07. The third-order valence-corrected chi connectivity index (χ3v) is 6.53. The fourth-order valence-corrected chi connectivity index (χ4v) is 5.39. The third-order valence-electron chi connectivity index (χ3n) is 1.39. The Labute approximate surface area is 117 Å². The predicted octanol–water partition coefficient (Wildman–Crippen LogP) is 3.65. The molecule has 0 saturated carbocycles. The second-order valence-corrected chi connectivity index (χ2v) is 8.11. The highest BCUT2D eigenvalue weighted by Gasteiger charge is 2.07. The van der Waals surface area contributed by atoms with E-state index < -0.39 is 0 Å². The molecule has 0 rings (SSSR count). The van der Waals surface area contributed by atoms with E-state index in [1.165, 1.54) is 17.9 Å². The molecule has 0 radical (unpaired) electrons. The van der Waals surface area contributed by atoms with Gasteiger partial charge < -0.3 is 0 Å². The monoisotopic (exact) mass is 306 g/mol. The first-order valence-corrected chi connectivity index (χ1v) is 9.63. The van der Waals surface area contributed by atoms with Gasteiger partial charge in [0.2, 0.25) is 0 Å². The highest BCUT2D eigenvalue weighted by molar-refractivity contribution is 8.20. The first-order valence-electron chi connectivity index (χ1n) is 4.48. The van der Waals surface area contributed by atoms with E-state index >= 15 is 0 Å². The van der Waals surface area contributed by atoms with Crippen LogP contribution in [0.15, 0.2) is 0 Å². The Balaban J connectivity index is 3.40. The number of rotatable bonds is 10. The summed E-state index contributed by atoms with van der Waals surface area (Å²) >= 11 is 18.6. The molecular formula is C8H18S6. The largest absolute Gasteiger partial charge is 0.179 e. The Kier molecular flexibility index (Phi) is 15.1. The molecule has 0 aromatic heterocycles. The summed E-state index contributed by atoms with van der Waals surface area (Å²) in [5.74, 6) is 5.51. The topological polar surface area (TPSA) is 0 Å². The number of hydrogen-bond acceptors (Lipinski definition) is 6. The first kappa shape index (κ1) is 16.1. The molecule has 1 unspecified atom stereocenters. The second kappa shape index (κ2) is 13.2. The molecule has 0 aromatic rings. The smallest absolute Gasteiger partial charge is 0.0518 e. The van der Waals surface area contributed by atoms with Crippen molar-refractivity contribution in [3.05, 3.63) is 0 Å². The van der Waals surface area contributed by atoms with Crippen LogP contribution in [-0.4, -0.2) is 38.4 Å². The molecule has 86 valence electrons. The normalized spacial score (nSPS) is 13.1. The van der Waals surface area contributed by atoms with Crippen molar-refractivity contribution in [1.29, 1.82) is 0 Å². The highest BCUT2D eigenvalue weighted by Crippen LogP contribution is 2.28. The van der Waals surface area contributed by atoms with Crippen LogP contribution in [0, 0.1) is 0 Å². The molecular weight excluding hydrogens is 288 g/mol. The maximum absolute atomic E-state index is 4.26.